The molecule has 1 N–H and O–H groups in total. The summed E-state index contributed by atoms with van der Waals surface area (Å²) < 4.78 is 15.5. The normalized spacial score (nSPS) is 18.9. The molecular weight excluding hydrogens is 317 g/mol. The van der Waals surface area contributed by atoms with Crippen LogP contribution in [0.3, 0.4) is 0 Å². The van der Waals surface area contributed by atoms with Crippen LogP contribution >= 0.6 is 0 Å². The Labute approximate surface area is 145 Å². The van der Waals surface area contributed by atoms with Crippen LogP contribution in [-0.4, -0.2) is 15.5 Å². The summed E-state index contributed by atoms with van der Waals surface area (Å²) in [7, 11) is 0. The maximum atomic E-state index is 13.4. The second-order valence-electron chi connectivity index (χ2n) is 6.33. The van der Waals surface area contributed by atoms with Gasteiger partial charge in [-0.15, -0.1) is 0 Å². The molecule has 0 fully saturated rings. The van der Waals surface area contributed by atoms with Gasteiger partial charge in [-0.1, -0.05) is 30.3 Å². The number of hydrogen-bond donors (Lipinski definition) is 1. The van der Waals surface area contributed by atoms with Crippen molar-refractivity contribution in [3.8, 4) is 0 Å². The number of aryl methyl sites for hydroxylation is 2. The van der Waals surface area contributed by atoms with Gasteiger partial charge in [-0.25, -0.2) is 9.37 Å². The molecule has 0 aliphatic carbocycles. The minimum absolute atomic E-state index is 0.0712. The SMILES string of the molecule is Cc1nccn1CCC1(c2ccc(F)cc2)C(=O)Nc2ccccc21. The van der Waals surface area contributed by atoms with E-state index in [9.17, 15) is 9.18 Å². The minimum Gasteiger partial charge on any atom is -0.335 e. The van der Waals surface area contributed by atoms with Crippen molar-refractivity contribution in [2.24, 2.45) is 0 Å². The minimum atomic E-state index is -0.832. The van der Waals surface area contributed by atoms with Crippen molar-refractivity contribution < 1.29 is 9.18 Å². The number of hydrogen-bond acceptors (Lipinski definition) is 2. The zero-order valence-corrected chi connectivity index (χ0v) is 13.9. The first-order chi connectivity index (χ1) is 12.1. The van der Waals surface area contributed by atoms with Gasteiger partial charge >= 0.3 is 0 Å². The van der Waals surface area contributed by atoms with Crippen LogP contribution in [-0.2, 0) is 16.8 Å². The van der Waals surface area contributed by atoms with Gasteiger partial charge in [0.05, 0.1) is 0 Å². The molecule has 1 aliphatic heterocycles. The predicted octanol–water partition coefficient (Wildman–Crippen LogP) is 3.66. The molecular formula is C20H18FN3O. The van der Waals surface area contributed by atoms with Crippen LogP contribution in [0.1, 0.15) is 23.4 Å². The van der Waals surface area contributed by atoms with Gasteiger partial charge in [-0.05, 0) is 42.7 Å². The van der Waals surface area contributed by atoms with E-state index < -0.39 is 5.41 Å². The highest BCUT2D eigenvalue weighted by Gasteiger charge is 2.47. The highest BCUT2D eigenvalue weighted by atomic mass is 19.1. The Kier molecular flexibility index (Phi) is 3.64. The van der Waals surface area contributed by atoms with Gasteiger partial charge in [-0.3, -0.25) is 4.79 Å². The average molecular weight is 335 g/mol. The van der Waals surface area contributed by atoms with Gasteiger partial charge in [0, 0.05) is 24.6 Å². The lowest BCUT2D eigenvalue weighted by Gasteiger charge is -2.28. The van der Waals surface area contributed by atoms with Gasteiger partial charge in [0.25, 0.3) is 0 Å². The fourth-order valence-corrected chi connectivity index (χ4v) is 3.66. The van der Waals surface area contributed by atoms with Crippen LogP contribution in [0.5, 0.6) is 0 Å². The zero-order chi connectivity index (χ0) is 17.4. The number of rotatable bonds is 4. The molecule has 2 aromatic carbocycles. The number of fused-ring (bicyclic) bond motifs is 1. The summed E-state index contributed by atoms with van der Waals surface area (Å²) in [6, 6.07) is 13.9. The first kappa shape index (κ1) is 15.6. The Balaban J connectivity index is 1.82. The summed E-state index contributed by atoms with van der Waals surface area (Å²) in [5.41, 5.74) is 1.72. The van der Waals surface area contributed by atoms with E-state index in [1.165, 1.54) is 12.1 Å². The van der Waals surface area contributed by atoms with Crippen LogP contribution < -0.4 is 5.32 Å². The van der Waals surface area contributed by atoms with Crippen molar-refractivity contribution in [2.75, 3.05) is 5.32 Å². The van der Waals surface area contributed by atoms with Crippen LogP contribution in [0.15, 0.2) is 60.9 Å². The molecule has 1 unspecified atom stereocenters. The maximum absolute atomic E-state index is 13.4. The number of carbonyl (C=O) groups excluding carboxylic acids is 1. The molecule has 1 aliphatic rings. The van der Waals surface area contributed by atoms with Crippen molar-refractivity contribution in [3.63, 3.8) is 0 Å². The molecule has 0 radical (unpaired) electrons. The van der Waals surface area contributed by atoms with E-state index in [2.05, 4.69) is 10.3 Å². The fourth-order valence-electron chi connectivity index (χ4n) is 3.66. The Morgan fingerprint density at radius 2 is 1.92 bits per heavy atom. The molecule has 126 valence electrons. The molecule has 1 amide bonds. The van der Waals surface area contributed by atoms with Crippen LogP contribution in [0.2, 0.25) is 0 Å². The van der Waals surface area contributed by atoms with Gasteiger partial charge in [-0.2, -0.15) is 0 Å². The van der Waals surface area contributed by atoms with E-state index in [4.69, 9.17) is 0 Å². The lowest BCUT2D eigenvalue weighted by molar-refractivity contribution is -0.119. The number of nitrogens with zero attached hydrogens (tertiary/aromatic N) is 2. The van der Waals surface area contributed by atoms with Gasteiger partial charge < -0.3 is 9.88 Å². The lowest BCUT2D eigenvalue weighted by atomic mass is 9.73. The molecule has 25 heavy (non-hydrogen) atoms. The molecule has 3 aromatic rings. The van der Waals surface area contributed by atoms with E-state index >= 15 is 0 Å². The Bertz CT molecular complexity index is 932. The Hall–Kier alpha value is -2.95. The van der Waals surface area contributed by atoms with Crippen molar-refractivity contribution in [1.29, 1.82) is 0 Å². The van der Waals surface area contributed by atoms with Crippen molar-refractivity contribution in [3.05, 3.63) is 83.7 Å². The first-order valence-corrected chi connectivity index (χ1v) is 8.26. The second-order valence-corrected chi connectivity index (χ2v) is 6.33. The summed E-state index contributed by atoms with van der Waals surface area (Å²) in [6.45, 7) is 2.58. The lowest BCUT2D eigenvalue weighted by Crippen LogP contribution is -2.37. The first-order valence-electron chi connectivity index (χ1n) is 8.26. The summed E-state index contributed by atoms with van der Waals surface area (Å²) in [5, 5.41) is 2.99. The molecule has 0 spiro atoms. The molecule has 0 bridgehead atoms. The van der Waals surface area contributed by atoms with E-state index in [0.717, 1.165) is 22.6 Å². The summed E-state index contributed by atoms with van der Waals surface area (Å²) >= 11 is 0. The molecule has 0 saturated heterocycles. The number of amides is 1. The number of halogens is 1. The number of nitrogens with one attached hydrogen (secondary N) is 1. The summed E-state index contributed by atoms with van der Waals surface area (Å²) in [4.78, 5) is 17.3. The maximum Gasteiger partial charge on any atom is 0.239 e. The van der Waals surface area contributed by atoms with Gasteiger partial charge in [0.1, 0.15) is 17.1 Å². The third-order valence-corrected chi connectivity index (χ3v) is 5.01. The van der Waals surface area contributed by atoms with Crippen LogP contribution in [0.25, 0.3) is 0 Å². The number of imidazole rings is 1. The molecule has 1 atom stereocenters. The Morgan fingerprint density at radius 1 is 1.16 bits per heavy atom. The van der Waals surface area contributed by atoms with Crippen LogP contribution in [0.4, 0.5) is 10.1 Å². The average Bonchev–Trinajstić information content (AvgIpc) is 3.15. The quantitative estimate of drug-likeness (QED) is 0.791. The monoisotopic (exact) mass is 335 g/mol. The molecule has 4 nitrogen and oxygen atoms in total. The molecule has 0 saturated carbocycles. The van der Waals surface area contributed by atoms with E-state index in [1.54, 1.807) is 18.3 Å². The van der Waals surface area contributed by atoms with E-state index in [1.807, 2.05) is 42.0 Å². The second kappa shape index (κ2) is 5.84. The van der Waals surface area contributed by atoms with Crippen molar-refractivity contribution in [2.45, 2.75) is 25.3 Å². The van der Waals surface area contributed by atoms with Crippen molar-refractivity contribution in [1.82, 2.24) is 9.55 Å². The third-order valence-electron chi connectivity index (χ3n) is 5.01. The summed E-state index contributed by atoms with van der Waals surface area (Å²) in [5.74, 6) is 0.523. The number of carbonyl (C=O) groups is 1. The Morgan fingerprint density at radius 3 is 2.64 bits per heavy atom. The fraction of sp³-hybridized carbons (Fsp3) is 0.200. The number of anilines is 1. The van der Waals surface area contributed by atoms with E-state index in [-0.39, 0.29) is 11.7 Å². The van der Waals surface area contributed by atoms with Gasteiger partial charge in [0.15, 0.2) is 0 Å². The number of aromatic nitrogens is 2. The topological polar surface area (TPSA) is 46.9 Å². The molecule has 5 heteroatoms. The van der Waals surface area contributed by atoms with Gasteiger partial charge in [0.2, 0.25) is 5.91 Å². The summed E-state index contributed by atoms with van der Waals surface area (Å²) in [6.07, 6.45) is 4.23. The highest BCUT2D eigenvalue weighted by Crippen LogP contribution is 2.45. The van der Waals surface area contributed by atoms with Crippen molar-refractivity contribution >= 4 is 11.6 Å². The highest BCUT2D eigenvalue weighted by molar-refractivity contribution is 6.08. The molecule has 2 heterocycles. The third kappa shape index (κ3) is 2.43. The van der Waals surface area contributed by atoms with Crippen LogP contribution in [0, 0.1) is 12.7 Å². The zero-order valence-electron chi connectivity index (χ0n) is 13.9. The standard InChI is InChI=1S/C20H18FN3O/c1-14-22-11-13-24(14)12-10-20(15-6-8-16(21)9-7-15)17-4-2-3-5-18(17)23-19(20)25/h2-9,11,13H,10,12H2,1H3,(H,23,25). The predicted molar refractivity (Wildman–Crippen MR) is 93.8 cm³/mol. The number of para-hydroxylation sites is 1. The molecule has 4 rings (SSSR count). The molecule has 1 aromatic heterocycles. The number of benzene rings is 2. The smallest absolute Gasteiger partial charge is 0.239 e. The largest absolute Gasteiger partial charge is 0.335 e. The van der Waals surface area contributed by atoms with E-state index in [0.29, 0.717) is 13.0 Å².